The van der Waals surface area contributed by atoms with Crippen molar-refractivity contribution in [2.45, 2.75) is 31.1 Å². The van der Waals surface area contributed by atoms with E-state index in [2.05, 4.69) is 26.1 Å². The third-order valence-corrected chi connectivity index (χ3v) is 3.96. The maximum Gasteiger partial charge on any atom is 0.276 e. The van der Waals surface area contributed by atoms with E-state index in [1.54, 1.807) is 13.8 Å². The molecule has 0 spiro atoms. The van der Waals surface area contributed by atoms with Crippen molar-refractivity contribution in [3.05, 3.63) is 28.7 Å². The van der Waals surface area contributed by atoms with Gasteiger partial charge >= 0.3 is 0 Å². The quantitative estimate of drug-likeness (QED) is 0.838. The molecule has 4 nitrogen and oxygen atoms in total. The van der Waals surface area contributed by atoms with Crippen molar-refractivity contribution in [2.24, 2.45) is 0 Å². The zero-order chi connectivity index (χ0) is 13.9. The second-order valence-corrected chi connectivity index (χ2v) is 6.66. The summed E-state index contributed by atoms with van der Waals surface area (Å²) >= 11 is 4.91. The van der Waals surface area contributed by atoms with E-state index >= 15 is 0 Å². The summed E-state index contributed by atoms with van der Waals surface area (Å²) in [7, 11) is 0. The van der Waals surface area contributed by atoms with Gasteiger partial charge in [-0.05, 0) is 48.3 Å². The molecule has 2 aromatic rings. The van der Waals surface area contributed by atoms with Gasteiger partial charge in [-0.15, -0.1) is 10.2 Å². The van der Waals surface area contributed by atoms with Gasteiger partial charge in [-0.2, -0.15) is 0 Å². The second kappa shape index (κ2) is 6.07. The number of hydrogen-bond donors (Lipinski definition) is 1. The van der Waals surface area contributed by atoms with E-state index in [1.165, 1.54) is 11.8 Å². The molecule has 0 radical (unpaired) electrons. The van der Waals surface area contributed by atoms with E-state index in [-0.39, 0.29) is 0 Å². The van der Waals surface area contributed by atoms with Crippen LogP contribution in [0.4, 0.5) is 0 Å². The first kappa shape index (κ1) is 14.6. The van der Waals surface area contributed by atoms with Crippen molar-refractivity contribution in [1.82, 2.24) is 10.2 Å². The van der Waals surface area contributed by atoms with Gasteiger partial charge in [0, 0.05) is 10.2 Å². The first-order valence-corrected chi connectivity index (χ1v) is 7.67. The summed E-state index contributed by atoms with van der Waals surface area (Å²) in [6, 6.07) is 7.71. The van der Waals surface area contributed by atoms with Gasteiger partial charge < -0.3 is 9.52 Å². The van der Waals surface area contributed by atoms with Gasteiger partial charge in [-0.25, -0.2) is 0 Å². The number of aromatic nitrogens is 2. The minimum atomic E-state index is -0.668. The van der Waals surface area contributed by atoms with E-state index in [1.807, 2.05) is 24.3 Å². The van der Waals surface area contributed by atoms with Crippen LogP contribution < -0.4 is 0 Å². The van der Waals surface area contributed by atoms with Gasteiger partial charge in [0.2, 0.25) is 5.89 Å². The molecule has 6 heteroatoms. The molecule has 1 aromatic carbocycles. The Morgan fingerprint density at radius 3 is 2.74 bits per heavy atom. The van der Waals surface area contributed by atoms with Gasteiger partial charge in [0.05, 0.1) is 11.2 Å². The van der Waals surface area contributed by atoms with Gasteiger partial charge in [0.1, 0.15) is 0 Å². The number of benzene rings is 1. The zero-order valence-electron chi connectivity index (χ0n) is 10.8. The predicted octanol–water partition coefficient (Wildman–Crippen LogP) is 3.75. The summed E-state index contributed by atoms with van der Waals surface area (Å²) in [5.74, 6) is 1.24. The molecule has 0 saturated carbocycles. The highest BCUT2D eigenvalue weighted by Gasteiger charge is 2.15. The summed E-state index contributed by atoms with van der Waals surface area (Å²) in [5, 5.41) is 18.2. The smallest absolute Gasteiger partial charge is 0.276 e. The lowest BCUT2D eigenvalue weighted by Gasteiger charge is -2.15. The molecule has 1 heterocycles. The van der Waals surface area contributed by atoms with Crippen LogP contribution in [0.25, 0.3) is 11.5 Å². The van der Waals surface area contributed by atoms with Crippen molar-refractivity contribution in [1.29, 1.82) is 0 Å². The Labute approximate surface area is 124 Å². The molecule has 0 aliphatic heterocycles. The summed E-state index contributed by atoms with van der Waals surface area (Å²) < 4.78 is 6.52. The van der Waals surface area contributed by atoms with Crippen molar-refractivity contribution in [3.63, 3.8) is 0 Å². The normalized spacial score (nSPS) is 11.8. The number of thioether (sulfide) groups is 1. The molecule has 1 N–H and O–H groups in total. The van der Waals surface area contributed by atoms with Gasteiger partial charge in [-0.1, -0.05) is 23.9 Å². The molecule has 2 rings (SSSR count). The highest BCUT2D eigenvalue weighted by atomic mass is 79.9. The third kappa shape index (κ3) is 4.33. The molecular weight excluding hydrogens is 328 g/mol. The molecule has 0 saturated heterocycles. The molecule has 0 atom stereocenters. The van der Waals surface area contributed by atoms with Crippen LogP contribution in [0.15, 0.2) is 38.4 Å². The van der Waals surface area contributed by atoms with Crippen LogP contribution in [0.3, 0.4) is 0 Å². The summed E-state index contributed by atoms with van der Waals surface area (Å²) in [6.45, 7) is 3.57. The van der Waals surface area contributed by atoms with E-state index in [0.717, 1.165) is 15.8 Å². The third-order valence-electron chi connectivity index (χ3n) is 2.45. The van der Waals surface area contributed by atoms with Crippen molar-refractivity contribution in [3.8, 4) is 11.5 Å². The van der Waals surface area contributed by atoms with Gasteiger partial charge in [0.15, 0.2) is 0 Å². The monoisotopic (exact) mass is 342 g/mol. The maximum atomic E-state index is 9.63. The van der Waals surface area contributed by atoms with Crippen LogP contribution >= 0.6 is 27.7 Å². The zero-order valence-corrected chi connectivity index (χ0v) is 13.2. The van der Waals surface area contributed by atoms with Crippen LogP contribution in [-0.2, 0) is 0 Å². The lowest BCUT2D eigenvalue weighted by atomic mass is 10.1. The molecule has 19 heavy (non-hydrogen) atoms. The number of nitrogens with zero attached hydrogens (tertiary/aromatic N) is 2. The Kier molecular flexibility index (Phi) is 4.65. The fraction of sp³-hybridized carbons (Fsp3) is 0.385. The maximum absolute atomic E-state index is 9.63. The summed E-state index contributed by atoms with van der Waals surface area (Å²) in [6.07, 6.45) is 0.671. The average molecular weight is 343 g/mol. The Balaban J connectivity index is 2.02. The van der Waals surface area contributed by atoms with Crippen molar-refractivity contribution in [2.75, 3.05) is 5.75 Å². The minimum absolute atomic E-state index is 0.498. The SMILES string of the molecule is CC(C)(O)CCSc1nnc(-c2ccccc2Br)o1. The Morgan fingerprint density at radius 1 is 1.32 bits per heavy atom. The first-order valence-electron chi connectivity index (χ1n) is 5.89. The molecule has 0 fully saturated rings. The molecule has 0 aliphatic rings. The van der Waals surface area contributed by atoms with Crippen molar-refractivity contribution >= 4 is 27.7 Å². The molecule has 0 amide bonds. The highest BCUT2D eigenvalue weighted by molar-refractivity contribution is 9.10. The Morgan fingerprint density at radius 2 is 2.05 bits per heavy atom. The van der Waals surface area contributed by atoms with Crippen LogP contribution in [-0.4, -0.2) is 26.7 Å². The molecule has 0 bridgehead atoms. The number of halogens is 1. The minimum Gasteiger partial charge on any atom is -0.411 e. The molecule has 1 aromatic heterocycles. The lowest BCUT2D eigenvalue weighted by Crippen LogP contribution is -2.18. The first-order chi connectivity index (χ1) is 8.96. The number of rotatable bonds is 5. The van der Waals surface area contributed by atoms with Gasteiger partial charge in [0.25, 0.3) is 5.22 Å². The van der Waals surface area contributed by atoms with Crippen molar-refractivity contribution < 1.29 is 9.52 Å². The predicted molar refractivity (Wildman–Crippen MR) is 79.1 cm³/mol. The van der Waals surface area contributed by atoms with E-state index in [4.69, 9.17) is 4.42 Å². The van der Waals surface area contributed by atoms with Crippen LogP contribution in [0.1, 0.15) is 20.3 Å². The van der Waals surface area contributed by atoms with Crippen LogP contribution in [0.2, 0.25) is 0 Å². The number of aliphatic hydroxyl groups is 1. The highest BCUT2D eigenvalue weighted by Crippen LogP contribution is 2.29. The fourth-order valence-corrected chi connectivity index (χ4v) is 2.87. The van der Waals surface area contributed by atoms with Crippen LogP contribution in [0, 0.1) is 0 Å². The van der Waals surface area contributed by atoms with E-state index in [9.17, 15) is 5.11 Å². The largest absolute Gasteiger partial charge is 0.411 e. The molecular formula is C13H15BrN2O2S. The standard InChI is InChI=1S/C13H15BrN2O2S/c1-13(2,17)7-8-19-12-16-15-11(18-12)9-5-3-4-6-10(9)14/h3-6,17H,7-8H2,1-2H3. The second-order valence-electron chi connectivity index (χ2n) is 4.76. The Hall–Kier alpha value is -0.850. The van der Waals surface area contributed by atoms with Crippen LogP contribution in [0.5, 0.6) is 0 Å². The average Bonchev–Trinajstić information content (AvgIpc) is 2.76. The Bertz CT molecular complexity index is 552. The topological polar surface area (TPSA) is 59.2 Å². The fourth-order valence-electron chi connectivity index (χ4n) is 1.40. The van der Waals surface area contributed by atoms with Gasteiger partial charge in [-0.3, -0.25) is 0 Å². The molecule has 0 aliphatic carbocycles. The molecule has 102 valence electrons. The summed E-state index contributed by atoms with van der Waals surface area (Å²) in [4.78, 5) is 0. The summed E-state index contributed by atoms with van der Waals surface area (Å²) in [5.41, 5.74) is 0.211. The van der Waals surface area contributed by atoms with E-state index in [0.29, 0.717) is 17.5 Å². The van der Waals surface area contributed by atoms with E-state index < -0.39 is 5.60 Å². The molecule has 0 unspecified atom stereocenters. The lowest BCUT2D eigenvalue weighted by molar-refractivity contribution is 0.0777. The number of hydrogen-bond acceptors (Lipinski definition) is 5.